The fraction of sp³-hybridized carbons (Fsp3) is 0.235. The number of rotatable bonds is 7. The Morgan fingerprint density at radius 1 is 1.00 bits per heavy atom. The summed E-state index contributed by atoms with van der Waals surface area (Å²) in [6.45, 7) is 2.03. The SMILES string of the molecule is O=C(O)CCN(Cc1ccccc1)Cc1cccc(Br)c1. The number of hydrogen-bond donors (Lipinski definition) is 1. The molecule has 0 bridgehead atoms. The van der Waals surface area contributed by atoms with Crippen molar-refractivity contribution in [3.05, 3.63) is 70.2 Å². The van der Waals surface area contributed by atoms with Crippen LogP contribution in [-0.2, 0) is 17.9 Å². The van der Waals surface area contributed by atoms with E-state index in [1.54, 1.807) is 0 Å². The van der Waals surface area contributed by atoms with Gasteiger partial charge in [0, 0.05) is 24.1 Å². The molecule has 21 heavy (non-hydrogen) atoms. The first-order chi connectivity index (χ1) is 10.1. The molecule has 0 aliphatic heterocycles. The smallest absolute Gasteiger partial charge is 0.304 e. The highest BCUT2D eigenvalue weighted by atomic mass is 79.9. The Labute approximate surface area is 133 Å². The van der Waals surface area contributed by atoms with Gasteiger partial charge < -0.3 is 5.11 Å². The predicted molar refractivity (Wildman–Crippen MR) is 87.0 cm³/mol. The molecule has 0 atom stereocenters. The normalized spacial score (nSPS) is 10.8. The molecular weight excluding hydrogens is 330 g/mol. The molecule has 0 spiro atoms. The number of carboxylic acid groups (broad SMARTS) is 1. The van der Waals surface area contributed by atoms with Crippen LogP contribution in [0.1, 0.15) is 17.5 Å². The average molecular weight is 348 g/mol. The lowest BCUT2D eigenvalue weighted by Crippen LogP contribution is -2.25. The fourth-order valence-electron chi connectivity index (χ4n) is 2.20. The fourth-order valence-corrected chi connectivity index (χ4v) is 2.65. The lowest BCUT2D eigenvalue weighted by atomic mass is 10.1. The summed E-state index contributed by atoms with van der Waals surface area (Å²) in [4.78, 5) is 13.0. The lowest BCUT2D eigenvalue weighted by Gasteiger charge is -2.22. The van der Waals surface area contributed by atoms with E-state index in [-0.39, 0.29) is 6.42 Å². The van der Waals surface area contributed by atoms with Crippen LogP contribution in [0.2, 0.25) is 0 Å². The van der Waals surface area contributed by atoms with E-state index >= 15 is 0 Å². The highest BCUT2D eigenvalue weighted by molar-refractivity contribution is 9.10. The number of hydrogen-bond acceptors (Lipinski definition) is 2. The molecule has 0 radical (unpaired) electrons. The third-order valence-electron chi connectivity index (χ3n) is 3.19. The molecule has 0 heterocycles. The molecule has 0 aliphatic rings. The minimum absolute atomic E-state index is 0.154. The highest BCUT2D eigenvalue weighted by Crippen LogP contribution is 2.15. The molecule has 2 aromatic carbocycles. The van der Waals surface area contributed by atoms with Gasteiger partial charge in [0.2, 0.25) is 0 Å². The summed E-state index contributed by atoms with van der Waals surface area (Å²) in [6, 6.07) is 18.2. The standard InChI is InChI=1S/C17H18BrNO2/c18-16-8-4-7-15(11-16)13-19(10-9-17(20)21)12-14-5-2-1-3-6-14/h1-8,11H,9-10,12-13H2,(H,20,21). The number of carboxylic acids is 1. The molecule has 0 fully saturated rings. The largest absolute Gasteiger partial charge is 0.481 e. The van der Waals surface area contributed by atoms with Crippen molar-refractivity contribution in [1.29, 1.82) is 0 Å². The molecule has 0 saturated heterocycles. The van der Waals surface area contributed by atoms with E-state index in [1.807, 2.05) is 30.3 Å². The van der Waals surface area contributed by atoms with E-state index < -0.39 is 5.97 Å². The van der Waals surface area contributed by atoms with Crippen molar-refractivity contribution in [1.82, 2.24) is 4.90 Å². The first-order valence-corrected chi connectivity index (χ1v) is 7.65. The predicted octanol–water partition coefficient (Wildman–Crippen LogP) is 3.93. The van der Waals surface area contributed by atoms with Gasteiger partial charge in [-0.15, -0.1) is 0 Å². The number of aliphatic carboxylic acids is 1. The van der Waals surface area contributed by atoms with Crippen molar-refractivity contribution >= 4 is 21.9 Å². The van der Waals surface area contributed by atoms with Gasteiger partial charge in [0.15, 0.2) is 0 Å². The number of benzene rings is 2. The van der Waals surface area contributed by atoms with Gasteiger partial charge in [-0.1, -0.05) is 58.4 Å². The zero-order valence-electron chi connectivity index (χ0n) is 11.7. The topological polar surface area (TPSA) is 40.5 Å². The van der Waals surface area contributed by atoms with Gasteiger partial charge in [0.05, 0.1) is 6.42 Å². The van der Waals surface area contributed by atoms with Gasteiger partial charge in [-0.05, 0) is 23.3 Å². The Kier molecular flexibility index (Phi) is 5.96. The van der Waals surface area contributed by atoms with E-state index in [0.29, 0.717) is 6.54 Å². The molecule has 1 N–H and O–H groups in total. The first kappa shape index (κ1) is 15.7. The van der Waals surface area contributed by atoms with Crippen LogP contribution in [0.4, 0.5) is 0 Å². The van der Waals surface area contributed by atoms with Gasteiger partial charge in [-0.3, -0.25) is 9.69 Å². The van der Waals surface area contributed by atoms with Crippen molar-refractivity contribution < 1.29 is 9.90 Å². The van der Waals surface area contributed by atoms with E-state index in [1.165, 1.54) is 11.1 Å². The molecule has 2 aromatic rings. The summed E-state index contributed by atoms with van der Waals surface area (Å²) >= 11 is 3.47. The molecule has 4 heteroatoms. The monoisotopic (exact) mass is 347 g/mol. The number of carbonyl (C=O) groups is 1. The lowest BCUT2D eigenvalue weighted by molar-refractivity contribution is -0.137. The third-order valence-corrected chi connectivity index (χ3v) is 3.68. The Hall–Kier alpha value is -1.65. The number of nitrogens with zero attached hydrogens (tertiary/aromatic N) is 1. The second-order valence-corrected chi connectivity index (χ2v) is 5.89. The van der Waals surface area contributed by atoms with Crippen LogP contribution in [0, 0.1) is 0 Å². The van der Waals surface area contributed by atoms with Crippen molar-refractivity contribution in [2.45, 2.75) is 19.5 Å². The molecule has 110 valence electrons. The van der Waals surface area contributed by atoms with Gasteiger partial charge in [-0.2, -0.15) is 0 Å². The Morgan fingerprint density at radius 2 is 1.67 bits per heavy atom. The van der Waals surface area contributed by atoms with Gasteiger partial charge in [0.1, 0.15) is 0 Å². The van der Waals surface area contributed by atoms with Crippen LogP contribution in [0.25, 0.3) is 0 Å². The summed E-state index contributed by atoms with van der Waals surface area (Å²) in [5.74, 6) is -0.762. The summed E-state index contributed by atoms with van der Waals surface area (Å²) in [5, 5.41) is 8.90. The van der Waals surface area contributed by atoms with Crippen LogP contribution in [-0.4, -0.2) is 22.5 Å². The zero-order valence-corrected chi connectivity index (χ0v) is 13.3. The van der Waals surface area contributed by atoms with Gasteiger partial charge in [0.25, 0.3) is 0 Å². The van der Waals surface area contributed by atoms with E-state index in [0.717, 1.165) is 17.6 Å². The molecule has 0 aliphatic carbocycles. The molecule has 2 rings (SSSR count). The van der Waals surface area contributed by atoms with E-state index in [4.69, 9.17) is 5.11 Å². The maximum absolute atomic E-state index is 10.8. The van der Waals surface area contributed by atoms with Crippen molar-refractivity contribution in [3.63, 3.8) is 0 Å². The summed E-state index contributed by atoms with van der Waals surface area (Å²) in [5.41, 5.74) is 2.36. The number of halogens is 1. The van der Waals surface area contributed by atoms with Crippen LogP contribution in [0.5, 0.6) is 0 Å². The van der Waals surface area contributed by atoms with Crippen molar-refractivity contribution in [2.75, 3.05) is 6.54 Å². The van der Waals surface area contributed by atoms with Crippen molar-refractivity contribution in [2.24, 2.45) is 0 Å². The molecule has 0 saturated carbocycles. The molecule has 0 unspecified atom stereocenters. The molecule has 3 nitrogen and oxygen atoms in total. The average Bonchev–Trinajstić information content (AvgIpc) is 2.46. The summed E-state index contributed by atoms with van der Waals surface area (Å²) < 4.78 is 1.04. The molecule has 0 aromatic heterocycles. The maximum Gasteiger partial charge on any atom is 0.304 e. The first-order valence-electron chi connectivity index (χ1n) is 6.86. The van der Waals surface area contributed by atoms with Gasteiger partial charge in [-0.25, -0.2) is 0 Å². The zero-order chi connectivity index (χ0) is 15.1. The quantitative estimate of drug-likeness (QED) is 0.824. The summed E-state index contributed by atoms with van der Waals surface area (Å²) in [6.07, 6.45) is 0.154. The Morgan fingerprint density at radius 3 is 2.33 bits per heavy atom. The van der Waals surface area contributed by atoms with Crippen LogP contribution in [0.15, 0.2) is 59.1 Å². The second-order valence-electron chi connectivity index (χ2n) is 4.97. The summed E-state index contributed by atoms with van der Waals surface area (Å²) in [7, 11) is 0. The Bertz CT molecular complexity index is 586. The minimum atomic E-state index is -0.762. The third kappa shape index (κ3) is 5.69. The highest BCUT2D eigenvalue weighted by Gasteiger charge is 2.09. The van der Waals surface area contributed by atoms with Crippen LogP contribution in [0.3, 0.4) is 0 Å². The van der Waals surface area contributed by atoms with Crippen LogP contribution < -0.4 is 0 Å². The second kappa shape index (κ2) is 7.96. The Balaban J connectivity index is 2.06. The maximum atomic E-state index is 10.8. The van der Waals surface area contributed by atoms with E-state index in [9.17, 15) is 4.79 Å². The van der Waals surface area contributed by atoms with E-state index in [2.05, 4.69) is 45.1 Å². The van der Waals surface area contributed by atoms with Crippen LogP contribution >= 0.6 is 15.9 Å². The molecular formula is C17H18BrNO2. The molecule has 0 amide bonds. The minimum Gasteiger partial charge on any atom is -0.481 e. The van der Waals surface area contributed by atoms with Crippen molar-refractivity contribution in [3.8, 4) is 0 Å². The van der Waals surface area contributed by atoms with Gasteiger partial charge >= 0.3 is 5.97 Å².